The van der Waals surface area contributed by atoms with Crippen molar-refractivity contribution in [3.8, 4) is 0 Å². The Morgan fingerprint density at radius 1 is 1.16 bits per heavy atom. The van der Waals surface area contributed by atoms with Crippen LogP contribution >= 0.6 is 0 Å². The van der Waals surface area contributed by atoms with E-state index in [1.54, 1.807) is 12.3 Å². The Morgan fingerprint density at radius 2 is 1.95 bits per heavy atom. The standard InChI is InChI=1S/C14H13N3O2/c18-13(10-6-7-10)17-14(19)16-11-5-1-3-9-4-2-8-15-12(9)11/h1-5,8,10H,6-7H2,(H2,16,17,18,19). The molecule has 19 heavy (non-hydrogen) atoms. The first-order valence-electron chi connectivity index (χ1n) is 6.19. The number of para-hydroxylation sites is 1. The second-order valence-electron chi connectivity index (χ2n) is 4.60. The zero-order chi connectivity index (χ0) is 13.2. The molecule has 0 atom stereocenters. The Labute approximate surface area is 110 Å². The number of hydrogen-bond acceptors (Lipinski definition) is 3. The second-order valence-corrected chi connectivity index (χ2v) is 4.60. The molecule has 1 heterocycles. The number of imide groups is 1. The minimum atomic E-state index is -0.505. The summed E-state index contributed by atoms with van der Waals surface area (Å²) < 4.78 is 0. The summed E-state index contributed by atoms with van der Waals surface area (Å²) in [5.74, 6) is -0.193. The fraction of sp³-hybridized carbons (Fsp3) is 0.214. The lowest BCUT2D eigenvalue weighted by molar-refractivity contribution is -0.121. The van der Waals surface area contributed by atoms with Gasteiger partial charge in [-0.05, 0) is 25.0 Å². The topological polar surface area (TPSA) is 71.1 Å². The summed E-state index contributed by atoms with van der Waals surface area (Å²) in [5.41, 5.74) is 1.30. The average Bonchev–Trinajstić information content (AvgIpc) is 3.23. The Hall–Kier alpha value is -2.43. The van der Waals surface area contributed by atoms with E-state index in [2.05, 4.69) is 15.6 Å². The third kappa shape index (κ3) is 2.54. The minimum Gasteiger partial charge on any atom is -0.306 e. The van der Waals surface area contributed by atoms with Crippen LogP contribution in [0, 0.1) is 5.92 Å². The van der Waals surface area contributed by atoms with E-state index in [9.17, 15) is 9.59 Å². The first-order valence-corrected chi connectivity index (χ1v) is 6.19. The van der Waals surface area contributed by atoms with Crippen molar-refractivity contribution in [2.24, 2.45) is 5.92 Å². The Bertz CT molecular complexity index is 645. The lowest BCUT2D eigenvalue weighted by Gasteiger charge is -2.08. The predicted molar refractivity (Wildman–Crippen MR) is 71.6 cm³/mol. The largest absolute Gasteiger partial charge is 0.325 e. The van der Waals surface area contributed by atoms with E-state index in [-0.39, 0.29) is 11.8 Å². The highest BCUT2D eigenvalue weighted by molar-refractivity contribution is 6.06. The maximum Gasteiger partial charge on any atom is 0.325 e. The fourth-order valence-electron chi connectivity index (χ4n) is 1.92. The zero-order valence-corrected chi connectivity index (χ0v) is 10.2. The lowest BCUT2D eigenvalue weighted by atomic mass is 10.2. The van der Waals surface area contributed by atoms with Crippen LogP contribution in [0.15, 0.2) is 36.5 Å². The number of fused-ring (bicyclic) bond motifs is 1. The summed E-state index contributed by atoms with van der Waals surface area (Å²) in [6.07, 6.45) is 3.41. The number of amides is 3. The highest BCUT2D eigenvalue weighted by Crippen LogP contribution is 2.28. The highest BCUT2D eigenvalue weighted by atomic mass is 16.2. The summed E-state index contributed by atoms with van der Waals surface area (Å²) in [7, 11) is 0. The fourth-order valence-corrected chi connectivity index (χ4v) is 1.92. The Kier molecular flexibility index (Phi) is 2.87. The van der Waals surface area contributed by atoms with Gasteiger partial charge >= 0.3 is 6.03 Å². The van der Waals surface area contributed by atoms with E-state index in [1.165, 1.54) is 0 Å². The molecule has 1 aromatic heterocycles. The number of aromatic nitrogens is 1. The molecule has 1 aromatic carbocycles. The molecule has 2 aromatic rings. The molecule has 1 saturated carbocycles. The van der Waals surface area contributed by atoms with Gasteiger partial charge in [0.2, 0.25) is 5.91 Å². The van der Waals surface area contributed by atoms with Gasteiger partial charge in [-0.15, -0.1) is 0 Å². The highest BCUT2D eigenvalue weighted by Gasteiger charge is 2.30. The molecular formula is C14H13N3O2. The molecule has 3 amide bonds. The van der Waals surface area contributed by atoms with E-state index in [0.29, 0.717) is 11.2 Å². The summed E-state index contributed by atoms with van der Waals surface area (Å²) in [6.45, 7) is 0. The second kappa shape index (κ2) is 4.68. The van der Waals surface area contributed by atoms with Crippen LogP contribution in [-0.4, -0.2) is 16.9 Å². The van der Waals surface area contributed by atoms with Crippen LogP contribution in [0.1, 0.15) is 12.8 Å². The summed E-state index contributed by atoms with van der Waals surface area (Å²) in [5, 5.41) is 5.94. The number of carbonyl (C=O) groups is 2. The van der Waals surface area contributed by atoms with Crippen LogP contribution in [-0.2, 0) is 4.79 Å². The average molecular weight is 255 g/mol. The van der Waals surface area contributed by atoms with Gasteiger partial charge in [0, 0.05) is 17.5 Å². The first kappa shape index (κ1) is 11.6. The molecular weight excluding hydrogens is 242 g/mol. The van der Waals surface area contributed by atoms with E-state index < -0.39 is 6.03 Å². The van der Waals surface area contributed by atoms with Gasteiger partial charge in [-0.25, -0.2) is 4.79 Å². The van der Waals surface area contributed by atoms with Gasteiger partial charge in [-0.3, -0.25) is 15.1 Å². The predicted octanol–water partition coefficient (Wildman–Crippen LogP) is 2.29. The van der Waals surface area contributed by atoms with Crippen LogP contribution in [0.2, 0.25) is 0 Å². The number of nitrogens with one attached hydrogen (secondary N) is 2. The van der Waals surface area contributed by atoms with Crippen LogP contribution < -0.4 is 10.6 Å². The van der Waals surface area contributed by atoms with Crippen molar-refractivity contribution < 1.29 is 9.59 Å². The molecule has 0 bridgehead atoms. The summed E-state index contributed by atoms with van der Waals surface area (Å²) in [4.78, 5) is 27.4. The Balaban J connectivity index is 1.77. The van der Waals surface area contributed by atoms with Crippen molar-refractivity contribution in [1.29, 1.82) is 0 Å². The molecule has 2 N–H and O–H groups in total. The van der Waals surface area contributed by atoms with Crippen LogP contribution in [0.5, 0.6) is 0 Å². The molecule has 3 rings (SSSR count). The van der Waals surface area contributed by atoms with Crippen molar-refractivity contribution in [3.05, 3.63) is 36.5 Å². The van der Waals surface area contributed by atoms with Crippen LogP contribution in [0.25, 0.3) is 10.9 Å². The molecule has 0 unspecified atom stereocenters. The maximum absolute atomic E-state index is 11.7. The van der Waals surface area contributed by atoms with E-state index in [4.69, 9.17) is 0 Å². The molecule has 0 radical (unpaired) electrons. The molecule has 1 aliphatic carbocycles. The van der Waals surface area contributed by atoms with Gasteiger partial charge in [0.05, 0.1) is 11.2 Å². The molecule has 96 valence electrons. The Morgan fingerprint density at radius 3 is 2.74 bits per heavy atom. The van der Waals surface area contributed by atoms with Gasteiger partial charge in [0.15, 0.2) is 0 Å². The van der Waals surface area contributed by atoms with E-state index in [0.717, 1.165) is 18.2 Å². The molecule has 1 aliphatic rings. The number of carbonyl (C=O) groups excluding carboxylic acids is 2. The third-order valence-electron chi connectivity index (χ3n) is 3.07. The third-order valence-corrected chi connectivity index (χ3v) is 3.07. The SMILES string of the molecule is O=C(NC(=O)C1CC1)Nc1cccc2cccnc12. The van der Waals surface area contributed by atoms with Gasteiger partial charge < -0.3 is 5.32 Å². The smallest absolute Gasteiger partial charge is 0.306 e. The maximum atomic E-state index is 11.7. The number of anilines is 1. The summed E-state index contributed by atoms with van der Waals surface area (Å²) in [6, 6.07) is 8.76. The van der Waals surface area contributed by atoms with Crippen molar-refractivity contribution >= 4 is 28.5 Å². The molecule has 1 fully saturated rings. The number of pyridine rings is 1. The number of urea groups is 1. The number of rotatable bonds is 2. The molecule has 0 aliphatic heterocycles. The van der Waals surface area contributed by atoms with E-state index in [1.807, 2.05) is 24.3 Å². The molecule has 5 nitrogen and oxygen atoms in total. The van der Waals surface area contributed by atoms with Gasteiger partial charge in [0.1, 0.15) is 0 Å². The van der Waals surface area contributed by atoms with Crippen molar-refractivity contribution in [3.63, 3.8) is 0 Å². The van der Waals surface area contributed by atoms with Crippen molar-refractivity contribution in [2.45, 2.75) is 12.8 Å². The molecule has 0 spiro atoms. The monoisotopic (exact) mass is 255 g/mol. The number of nitrogens with zero attached hydrogens (tertiary/aromatic N) is 1. The van der Waals surface area contributed by atoms with Gasteiger partial charge in [-0.1, -0.05) is 18.2 Å². The number of benzene rings is 1. The minimum absolute atomic E-state index is 0.0105. The summed E-state index contributed by atoms with van der Waals surface area (Å²) >= 11 is 0. The quantitative estimate of drug-likeness (QED) is 0.864. The van der Waals surface area contributed by atoms with Crippen molar-refractivity contribution in [2.75, 3.05) is 5.32 Å². The first-order chi connectivity index (χ1) is 9.24. The number of hydrogen-bond donors (Lipinski definition) is 2. The lowest BCUT2D eigenvalue weighted by Crippen LogP contribution is -2.35. The molecule has 0 saturated heterocycles. The normalized spacial score (nSPS) is 14.1. The van der Waals surface area contributed by atoms with Crippen LogP contribution in [0.4, 0.5) is 10.5 Å². The molecule has 5 heteroatoms. The van der Waals surface area contributed by atoms with Gasteiger partial charge in [0.25, 0.3) is 0 Å². The van der Waals surface area contributed by atoms with Gasteiger partial charge in [-0.2, -0.15) is 0 Å². The zero-order valence-electron chi connectivity index (χ0n) is 10.2. The van der Waals surface area contributed by atoms with Crippen LogP contribution in [0.3, 0.4) is 0 Å². The van der Waals surface area contributed by atoms with Crippen molar-refractivity contribution in [1.82, 2.24) is 10.3 Å². The van der Waals surface area contributed by atoms with E-state index >= 15 is 0 Å².